The number of fused-ring (bicyclic) bond motifs is 1. The van der Waals surface area contributed by atoms with Gasteiger partial charge in [0.05, 0.1) is 12.0 Å². The number of imidazole rings is 1. The van der Waals surface area contributed by atoms with Crippen LogP contribution in [0.1, 0.15) is 35.8 Å². The van der Waals surface area contributed by atoms with Gasteiger partial charge in [0.2, 0.25) is 5.91 Å². The molecule has 1 unspecified atom stereocenters. The monoisotopic (exact) mass is 356 g/mol. The number of thioether (sulfide) groups is 1. The SMILES string of the molecule is Cc1cccc(SC2CCN(C(=O)C3NCCc4[nH]cnc43)CC2)c1. The van der Waals surface area contributed by atoms with Crippen LogP contribution in [0.4, 0.5) is 0 Å². The number of aromatic nitrogens is 2. The summed E-state index contributed by atoms with van der Waals surface area (Å²) in [5.41, 5.74) is 3.28. The average molecular weight is 356 g/mol. The van der Waals surface area contributed by atoms with Crippen LogP contribution in [0.3, 0.4) is 0 Å². The fraction of sp³-hybridized carbons (Fsp3) is 0.474. The minimum absolute atomic E-state index is 0.173. The summed E-state index contributed by atoms with van der Waals surface area (Å²) in [5, 5.41) is 3.93. The number of carbonyl (C=O) groups excluding carboxylic acids is 1. The number of benzene rings is 1. The Bertz CT molecular complexity index is 751. The molecular weight excluding hydrogens is 332 g/mol. The average Bonchev–Trinajstić information content (AvgIpc) is 3.10. The van der Waals surface area contributed by atoms with E-state index in [4.69, 9.17) is 0 Å². The van der Waals surface area contributed by atoms with Crippen LogP contribution in [-0.2, 0) is 11.2 Å². The number of H-pyrrole nitrogens is 1. The van der Waals surface area contributed by atoms with Gasteiger partial charge < -0.3 is 15.2 Å². The van der Waals surface area contributed by atoms with Crippen molar-refractivity contribution in [3.63, 3.8) is 0 Å². The molecule has 2 aliphatic heterocycles. The van der Waals surface area contributed by atoms with Crippen LogP contribution in [0.2, 0.25) is 0 Å². The number of nitrogens with one attached hydrogen (secondary N) is 2. The lowest BCUT2D eigenvalue weighted by Crippen LogP contribution is -2.47. The molecule has 0 radical (unpaired) electrons. The summed E-state index contributed by atoms with van der Waals surface area (Å²) in [7, 11) is 0. The van der Waals surface area contributed by atoms with Crippen LogP contribution in [0, 0.1) is 6.92 Å². The van der Waals surface area contributed by atoms with E-state index >= 15 is 0 Å². The van der Waals surface area contributed by atoms with E-state index in [1.807, 2.05) is 16.7 Å². The van der Waals surface area contributed by atoms with Crippen LogP contribution < -0.4 is 5.32 Å². The fourth-order valence-electron chi connectivity index (χ4n) is 3.68. The fourth-order valence-corrected chi connectivity index (χ4v) is 4.92. The van der Waals surface area contributed by atoms with Crippen LogP contribution in [0.15, 0.2) is 35.5 Å². The Morgan fingerprint density at radius 2 is 2.16 bits per heavy atom. The van der Waals surface area contributed by atoms with E-state index in [0.717, 1.165) is 50.3 Å². The highest BCUT2D eigenvalue weighted by Gasteiger charge is 2.33. The number of amides is 1. The number of likely N-dealkylation sites (tertiary alicyclic amines) is 1. The molecule has 1 aromatic heterocycles. The van der Waals surface area contributed by atoms with Gasteiger partial charge in [0.15, 0.2) is 0 Å². The topological polar surface area (TPSA) is 61.0 Å². The molecule has 25 heavy (non-hydrogen) atoms. The van der Waals surface area contributed by atoms with Crippen molar-refractivity contribution in [3.8, 4) is 0 Å². The standard InChI is InChI=1S/C19H24N4OS/c1-13-3-2-4-15(11-13)25-14-6-9-23(10-7-14)19(24)18-17-16(5-8-20-18)21-12-22-17/h2-4,11-12,14,18,20H,5-10H2,1H3,(H,21,22). The molecule has 0 saturated carbocycles. The van der Waals surface area contributed by atoms with Crippen molar-refractivity contribution < 1.29 is 4.79 Å². The van der Waals surface area contributed by atoms with Crippen LogP contribution in [-0.4, -0.2) is 45.7 Å². The predicted octanol–water partition coefficient (Wildman–Crippen LogP) is 2.69. The van der Waals surface area contributed by atoms with Gasteiger partial charge in [0.1, 0.15) is 6.04 Å². The smallest absolute Gasteiger partial charge is 0.246 e. The number of nitrogens with zero attached hydrogens (tertiary/aromatic N) is 2. The molecule has 0 spiro atoms. The molecule has 1 fully saturated rings. The highest BCUT2D eigenvalue weighted by molar-refractivity contribution is 8.00. The Labute approximate surface area is 152 Å². The zero-order valence-electron chi connectivity index (χ0n) is 14.5. The van der Waals surface area contributed by atoms with E-state index in [9.17, 15) is 4.79 Å². The second kappa shape index (κ2) is 7.22. The third kappa shape index (κ3) is 3.60. The molecule has 1 saturated heterocycles. The molecule has 6 heteroatoms. The van der Waals surface area contributed by atoms with E-state index < -0.39 is 0 Å². The summed E-state index contributed by atoms with van der Waals surface area (Å²) in [5.74, 6) is 0.173. The van der Waals surface area contributed by atoms with Crippen molar-refractivity contribution in [1.29, 1.82) is 0 Å². The predicted molar refractivity (Wildman–Crippen MR) is 99.7 cm³/mol. The maximum Gasteiger partial charge on any atom is 0.246 e. The van der Waals surface area contributed by atoms with Gasteiger partial charge in [-0.3, -0.25) is 4.79 Å². The van der Waals surface area contributed by atoms with Gasteiger partial charge in [-0.25, -0.2) is 4.98 Å². The summed E-state index contributed by atoms with van der Waals surface area (Å²) in [6, 6.07) is 8.39. The summed E-state index contributed by atoms with van der Waals surface area (Å²) in [6.45, 7) is 4.62. The summed E-state index contributed by atoms with van der Waals surface area (Å²) in [6.07, 6.45) is 4.70. The molecule has 2 aromatic rings. The Kier molecular flexibility index (Phi) is 4.81. The van der Waals surface area contributed by atoms with Crippen molar-refractivity contribution in [2.45, 2.75) is 42.4 Å². The largest absolute Gasteiger partial charge is 0.348 e. The molecular formula is C19H24N4OS. The van der Waals surface area contributed by atoms with Crippen molar-refractivity contribution >= 4 is 17.7 Å². The Hall–Kier alpha value is -1.79. The highest BCUT2D eigenvalue weighted by atomic mass is 32.2. The van der Waals surface area contributed by atoms with Gasteiger partial charge >= 0.3 is 0 Å². The second-order valence-corrected chi connectivity index (χ2v) is 8.24. The van der Waals surface area contributed by atoms with Gasteiger partial charge in [-0.15, -0.1) is 11.8 Å². The lowest BCUT2D eigenvalue weighted by atomic mass is 10.0. The molecule has 2 N–H and O–H groups in total. The second-order valence-electron chi connectivity index (χ2n) is 6.86. The Balaban J connectivity index is 1.35. The van der Waals surface area contributed by atoms with E-state index in [2.05, 4.69) is 46.5 Å². The van der Waals surface area contributed by atoms with Crippen molar-refractivity contribution in [3.05, 3.63) is 47.5 Å². The van der Waals surface area contributed by atoms with Crippen molar-refractivity contribution in [1.82, 2.24) is 20.2 Å². The molecule has 1 atom stereocenters. The third-order valence-electron chi connectivity index (χ3n) is 5.04. The first-order valence-corrected chi connectivity index (χ1v) is 9.86. The molecule has 1 aromatic carbocycles. The Morgan fingerprint density at radius 1 is 1.32 bits per heavy atom. The molecule has 0 aliphatic carbocycles. The first-order chi connectivity index (χ1) is 12.2. The quantitative estimate of drug-likeness (QED) is 0.888. The van der Waals surface area contributed by atoms with E-state index in [1.54, 1.807) is 6.33 Å². The number of hydrogen-bond donors (Lipinski definition) is 2. The minimum Gasteiger partial charge on any atom is -0.348 e. The number of aromatic amines is 1. The highest BCUT2D eigenvalue weighted by Crippen LogP contribution is 2.32. The lowest BCUT2D eigenvalue weighted by Gasteiger charge is -2.35. The molecule has 132 valence electrons. The van der Waals surface area contributed by atoms with Gasteiger partial charge in [0, 0.05) is 41.9 Å². The number of piperidine rings is 1. The molecule has 5 nitrogen and oxygen atoms in total. The minimum atomic E-state index is -0.282. The van der Waals surface area contributed by atoms with Gasteiger partial charge in [-0.2, -0.15) is 0 Å². The van der Waals surface area contributed by atoms with Crippen molar-refractivity contribution in [2.75, 3.05) is 19.6 Å². The van der Waals surface area contributed by atoms with Crippen LogP contribution >= 0.6 is 11.8 Å². The molecule has 1 amide bonds. The zero-order chi connectivity index (χ0) is 17.2. The molecule has 4 rings (SSSR count). The van der Waals surface area contributed by atoms with Gasteiger partial charge in [-0.05, 0) is 31.9 Å². The number of rotatable bonds is 3. The molecule has 2 aliphatic rings. The molecule has 0 bridgehead atoms. The summed E-state index contributed by atoms with van der Waals surface area (Å²) < 4.78 is 0. The van der Waals surface area contributed by atoms with E-state index in [-0.39, 0.29) is 11.9 Å². The Morgan fingerprint density at radius 3 is 2.96 bits per heavy atom. The zero-order valence-corrected chi connectivity index (χ0v) is 15.3. The maximum absolute atomic E-state index is 12.9. The number of carbonyl (C=O) groups is 1. The first-order valence-electron chi connectivity index (χ1n) is 8.98. The molecule has 3 heterocycles. The first kappa shape index (κ1) is 16.7. The third-order valence-corrected chi connectivity index (χ3v) is 6.37. The van der Waals surface area contributed by atoms with Crippen LogP contribution in [0.25, 0.3) is 0 Å². The van der Waals surface area contributed by atoms with E-state index in [0.29, 0.717) is 5.25 Å². The maximum atomic E-state index is 12.9. The van der Waals surface area contributed by atoms with Gasteiger partial charge in [-0.1, -0.05) is 17.7 Å². The van der Waals surface area contributed by atoms with E-state index in [1.165, 1.54) is 10.5 Å². The van der Waals surface area contributed by atoms with Crippen molar-refractivity contribution in [2.24, 2.45) is 0 Å². The normalized spacial score (nSPS) is 21.2. The number of aryl methyl sites for hydroxylation is 1. The number of hydrogen-bond acceptors (Lipinski definition) is 4. The summed E-state index contributed by atoms with van der Waals surface area (Å²) in [4.78, 5) is 23.8. The lowest BCUT2D eigenvalue weighted by molar-refractivity contribution is -0.134. The van der Waals surface area contributed by atoms with Crippen LogP contribution in [0.5, 0.6) is 0 Å². The van der Waals surface area contributed by atoms with Gasteiger partial charge in [0.25, 0.3) is 0 Å². The summed E-state index contributed by atoms with van der Waals surface area (Å²) >= 11 is 1.95.